The van der Waals surface area contributed by atoms with Crippen LogP contribution in [-0.4, -0.2) is 37.0 Å². The van der Waals surface area contributed by atoms with Crippen LogP contribution in [0.4, 0.5) is 0 Å². The van der Waals surface area contributed by atoms with Gasteiger partial charge in [-0.25, -0.2) is 8.42 Å². The van der Waals surface area contributed by atoms with Gasteiger partial charge in [-0.05, 0) is 56.4 Å². The number of rotatable bonds is 3. The smallest absolute Gasteiger partial charge is 0.243 e. The molecule has 4 nitrogen and oxygen atoms in total. The Labute approximate surface area is 125 Å². The number of hydrogen-bond donors (Lipinski definition) is 1. The second-order valence-corrected chi connectivity index (χ2v) is 7.75. The first-order valence-corrected chi connectivity index (χ1v) is 8.57. The van der Waals surface area contributed by atoms with E-state index in [1.807, 2.05) is 6.92 Å². The van der Waals surface area contributed by atoms with Crippen LogP contribution in [0.2, 0.25) is 5.02 Å². The normalized spacial score (nSPS) is 24.8. The van der Waals surface area contributed by atoms with E-state index in [4.69, 9.17) is 11.6 Å². The van der Waals surface area contributed by atoms with Crippen molar-refractivity contribution in [2.45, 2.75) is 37.6 Å². The maximum atomic E-state index is 12.8. The van der Waals surface area contributed by atoms with Crippen molar-refractivity contribution in [2.24, 2.45) is 5.92 Å². The van der Waals surface area contributed by atoms with Crippen LogP contribution in [0.3, 0.4) is 0 Å². The number of aliphatic hydroxyl groups is 1. The standard InChI is InChI=1S/C14H20ClNO3S/c1-10-7-13(15)5-6-14(10)20(18,19)16-8-12(9-17)4-3-11(16)2/h5-7,11-12,17H,3-4,8-9H2,1-2H3. The molecule has 0 saturated carbocycles. The summed E-state index contributed by atoms with van der Waals surface area (Å²) in [6.45, 7) is 4.06. The molecule has 0 aromatic heterocycles. The fourth-order valence-corrected chi connectivity index (χ4v) is 4.83. The van der Waals surface area contributed by atoms with Gasteiger partial charge in [0.25, 0.3) is 0 Å². The number of piperidine rings is 1. The summed E-state index contributed by atoms with van der Waals surface area (Å²) < 4.78 is 27.1. The van der Waals surface area contributed by atoms with Crippen LogP contribution < -0.4 is 0 Å². The van der Waals surface area contributed by atoms with E-state index in [2.05, 4.69) is 0 Å². The molecule has 1 heterocycles. The van der Waals surface area contributed by atoms with E-state index < -0.39 is 10.0 Å². The second-order valence-electron chi connectivity index (χ2n) is 5.46. The first-order valence-electron chi connectivity index (χ1n) is 6.75. The van der Waals surface area contributed by atoms with Crippen molar-refractivity contribution in [2.75, 3.05) is 13.2 Å². The summed E-state index contributed by atoms with van der Waals surface area (Å²) in [4.78, 5) is 0.298. The minimum atomic E-state index is -3.54. The summed E-state index contributed by atoms with van der Waals surface area (Å²) >= 11 is 5.89. The molecule has 1 fully saturated rings. The number of nitrogens with zero attached hydrogens (tertiary/aromatic N) is 1. The molecule has 1 aromatic rings. The summed E-state index contributed by atoms with van der Waals surface area (Å²) in [5, 5.41) is 9.81. The number of sulfonamides is 1. The van der Waals surface area contributed by atoms with E-state index in [1.165, 1.54) is 4.31 Å². The monoisotopic (exact) mass is 317 g/mol. The minimum Gasteiger partial charge on any atom is -0.396 e. The van der Waals surface area contributed by atoms with Gasteiger partial charge in [0, 0.05) is 24.2 Å². The Bertz CT molecular complexity index is 588. The van der Waals surface area contributed by atoms with Crippen molar-refractivity contribution in [3.05, 3.63) is 28.8 Å². The zero-order valence-electron chi connectivity index (χ0n) is 11.7. The fraction of sp³-hybridized carbons (Fsp3) is 0.571. The Hall–Kier alpha value is -0.620. The average molecular weight is 318 g/mol. The minimum absolute atomic E-state index is 0.0218. The Balaban J connectivity index is 2.38. The average Bonchev–Trinajstić information content (AvgIpc) is 2.38. The van der Waals surface area contributed by atoms with Crippen molar-refractivity contribution >= 4 is 21.6 Å². The van der Waals surface area contributed by atoms with Crippen LogP contribution in [0.25, 0.3) is 0 Å². The van der Waals surface area contributed by atoms with Gasteiger partial charge in [0.15, 0.2) is 0 Å². The predicted octanol–water partition coefficient (Wildman–Crippen LogP) is 2.43. The molecule has 112 valence electrons. The lowest BCUT2D eigenvalue weighted by molar-refractivity contribution is 0.139. The van der Waals surface area contributed by atoms with E-state index >= 15 is 0 Å². The Morgan fingerprint density at radius 3 is 2.70 bits per heavy atom. The Morgan fingerprint density at radius 2 is 2.10 bits per heavy atom. The van der Waals surface area contributed by atoms with Crippen LogP contribution in [0.15, 0.2) is 23.1 Å². The molecular formula is C14H20ClNO3S. The first-order chi connectivity index (χ1) is 9.36. The predicted molar refractivity (Wildman–Crippen MR) is 79.4 cm³/mol. The molecule has 1 aliphatic rings. The van der Waals surface area contributed by atoms with Gasteiger partial charge in [-0.1, -0.05) is 11.6 Å². The van der Waals surface area contributed by atoms with Crippen molar-refractivity contribution < 1.29 is 13.5 Å². The Morgan fingerprint density at radius 1 is 1.40 bits per heavy atom. The van der Waals surface area contributed by atoms with Crippen LogP contribution in [0.5, 0.6) is 0 Å². The lowest BCUT2D eigenvalue weighted by atomic mass is 9.96. The number of aliphatic hydroxyl groups excluding tert-OH is 1. The van der Waals surface area contributed by atoms with Crippen molar-refractivity contribution in [3.63, 3.8) is 0 Å². The van der Waals surface area contributed by atoms with Crippen LogP contribution in [0, 0.1) is 12.8 Å². The van der Waals surface area contributed by atoms with Gasteiger partial charge in [-0.3, -0.25) is 0 Å². The zero-order valence-corrected chi connectivity index (χ0v) is 13.3. The molecule has 0 amide bonds. The molecule has 2 atom stereocenters. The van der Waals surface area contributed by atoms with Gasteiger partial charge in [0.05, 0.1) is 4.90 Å². The maximum absolute atomic E-state index is 12.8. The molecule has 6 heteroatoms. The van der Waals surface area contributed by atoms with Crippen molar-refractivity contribution in [1.29, 1.82) is 0 Å². The summed E-state index contributed by atoms with van der Waals surface area (Å²) in [5.41, 5.74) is 0.649. The molecule has 1 aromatic carbocycles. The zero-order chi connectivity index (χ0) is 14.9. The van der Waals surface area contributed by atoms with E-state index in [0.717, 1.165) is 12.8 Å². The van der Waals surface area contributed by atoms with E-state index in [1.54, 1.807) is 25.1 Å². The van der Waals surface area contributed by atoms with Crippen molar-refractivity contribution in [1.82, 2.24) is 4.31 Å². The fourth-order valence-electron chi connectivity index (χ4n) is 2.66. The lowest BCUT2D eigenvalue weighted by Crippen LogP contribution is -2.46. The largest absolute Gasteiger partial charge is 0.396 e. The SMILES string of the molecule is Cc1cc(Cl)ccc1S(=O)(=O)N1CC(CO)CCC1C. The number of aryl methyl sites for hydroxylation is 1. The third kappa shape index (κ3) is 3.01. The second kappa shape index (κ2) is 6.02. The molecule has 0 radical (unpaired) electrons. The Kier molecular flexibility index (Phi) is 4.74. The van der Waals surface area contributed by atoms with Gasteiger partial charge in [-0.15, -0.1) is 0 Å². The molecule has 0 bridgehead atoms. The van der Waals surface area contributed by atoms with Gasteiger partial charge in [0.2, 0.25) is 10.0 Å². The third-order valence-electron chi connectivity index (χ3n) is 3.90. The van der Waals surface area contributed by atoms with Crippen LogP contribution in [0.1, 0.15) is 25.3 Å². The van der Waals surface area contributed by atoms with E-state index in [0.29, 0.717) is 22.0 Å². The molecule has 2 rings (SSSR count). The number of hydrogen-bond acceptors (Lipinski definition) is 3. The highest BCUT2D eigenvalue weighted by molar-refractivity contribution is 7.89. The highest BCUT2D eigenvalue weighted by Gasteiger charge is 2.35. The number of halogens is 1. The maximum Gasteiger partial charge on any atom is 0.243 e. The van der Waals surface area contributed by atoms with E-state index in [-0.39, 0.29) is 18.6 Å². The molecule has 1 aliphatic heterocycles. The molecule has 2 unspecified atom stereocenters. The topological polar surface area (TPSA) is 57.6 Å². The van der Waals surface area contributed by atoms with Crippen molar-refractivity contribution in [3.8, 4) is 0 Å². The molecule has 0 spiro atoms. The highest BCUT2D eigenvalue weighted by Crippen LogP contribution is 2.30. The highest BCUT2D eigenvalue weighted by atomic mass is 35.5. The molecule has 1 saturated heterocycles. The van der Waals surface area contributed by atoms with Gasteiger partial charge in [-0.2, -0.15) is 4.31 Å². The first kappa shape index (κ1) is 15.8. The van der Waals surface area contributed by atoms with Gasteiger partial charge in [0.1, 0.15) is 0 Å². The molecular weight excluding hydrogens is 298 g/mol. The number of benzene rings is 1. The lowest BCUT2D eigenvalue weighted by Gasteiger charge is -2.36. The third-order valence-corrected chi connectivity index (χ3v) is 6.28. The summed E-state index contributed by atoms with van der Waals surface area (Å²) in [6.07, 6.45) is 1.64. The summed E-state index contributed by atoms with van der Waals surface area (Å²) in [6, 6.07) is 4.77. The molecule has 0 aliphatic carbocycles. The summed E-state index contributed by atoms with van der Waals surface area (Å²) in [7, 11) is -3.54. The van der Waals surface area contributed by atoms with Gasteiger partial charge >= 0.3 is 0 Å². The molecule has 20 heavy (non-hydrogen) atoms. The van der Waals surface area contributed by atoms with Crippen LogP contribution in [-0.2, 0) is 10.0 Å². The van der Waals surface area contributed by atoms with Gasteiger partial charge < -0.3 is 5.11 Å². The van der Waals surface area contributed by atoms with Crippen LogP contribution >= 0.6 is 11.6 Å². The molecule has 1 N–H and O–H groups in total. The quantitative estimate of drug-likeness (QED) is 0.931. The van der Waals surface area contributed by atoms with E-state index in [9.17, 15) is 13.5 Å². The summed E-state index contributed by atoms with van der Waals surface area (Å²) in [5.74, 6) is 0.0218.